The van der Waals surface area contributed by atoms with Crippen LogP contribution < -0.4 is 5.32 Å². The molecule has 1 atom stereocenters. The van der Waals surface area contributed by atoms with Crippen LogP contribution in [0.1, 0.15) is 28.8 Å². The molecule has 0 fully saturated rings. The molecule has 1 N–H and O–H groups in total. The maximum atomic E-state index is 12.5. The van der Waals surface area contributed by atoms with Crippen LogP contribution >= 0.6 is 11.3 Å². The third-order valence-electron chi connectivity index (χ3n) is 3.81. The van der Waals surface area contributed by atoms with Gasteiger partial charge >= 0.3 is 0 Å². The molecular weight excluding hydrogens is 322 g/mol. The van der Waals surface area contributed by atoms with Crippen molar-refractivity contribution in [3.63, 3.8) is 0 Å². The summed E-state index contributed by atoms with van der Waals surface area (Å²) in [6, 6.07) is 7.83. The Hall–Kier alpha value is -2.41. The van der Waals surface area contributed by atoms with E-state index in [9.17, 15) is 4.79 Å². The molecule has 3 heterocycles. The first-order valence-corrected chi connectivity index (χ1v) is 8.72. The number of carbonyl (C=O) groups excluding carboxylic acids is 1. The van der Waals surface area contributed by atoms with E-state index in [0.717, 1.165) is 22.0 Å². The highest BCUT2D eigenvalue weighted by molar-refractivity contribution is 7.13. The number of nitrogens with one attached hydrogen (secondary N) is 1. The van der Waals surface area contributed by atoms with Gasteiger partial charge in [0.15, 0.2) is 5.69 Å². The Labute approximate surface area is 145 Å². The van der Waals surface area contributed by atoms with Gasteiger partial charge in [-0.1, -0.05) is 6.07 Å². The molecule has 6 nitrogen and oxygen atoms in total. The number of aryl methyl sites for hydroxylation is 3. The maximum Gasteiger partial charge on any atom is 0.272 e. The lowest BCUT2D eigenvalue weighted by Crippen LogP contribution is -2.36. The molecule has 3 rings (SSSR count). The molecule has 0 spiro atoms. The van der Waals surface area contributed by atoms with Crippen LogP contribution in [0.2, 0.25) is 0 Å². The summed E-state index contributed by atoms with van der Waals surface area (Å²) in [4.78, 5) is 13.6. The molecule has 0 unspecified atom stereocenters. The van der Waals surface area contributed by atoms with Crippen molar-refractivity contribution in [3.05, 3.63) is 46.7 Å². The first kappa shape index (κ1) is 16.4. The van der Waals surface area contributed by atoms with Gasteiger partial charge in [-0.15, -0.1) is 11.3 Å². The van der Waals surface area contributed by atoms with Crippen molar-refractivity contribution in [1.82, 2.24) is 24.9 Å². The predicted molar refractivity (Wildman–Crippen MR) is 95.2 cm³/mol. The van der Waals surface area contributed by atoms with Crippen LogP contribution in [0, 0.1) is 13.8 Å². The fraction of sp³-hybridized carbons (Fsp3) is 0.353. The van der Waals surface area contributed by atoms with E-state index in [1.54, 1.807) is 16.0 Å². The number of hydrogen-bond donors (Lipinski definition) is 1. The van der Waals surface area contributed by atoms with Gasteiger partial charge in [0.2, 0.25) is 0 Å². The number of rotatable bonds is 5. The zero-order valence-corrected chi connectivity index (χ0v) is 15.1. The van der Waals surface area contributed by atoms with Crippen LogP contribution in [0.3, 0.4) is 0 Å². The van der Waals surface area contributed by atoms with E-state index < -0.39 is 0 Å². The lowest BCUT2D eigenvalue weighted by atomic mass is 10.2. The molecule has 0 bridgehead atoms. The Bertz CT molecular complexity index is 847. The van der Waals surface area contributed by atoms with E-state index in [1.807, 2.05) is 62.1 Å². The van der Waals surface area contributed by atoms with Crippen molar-refractivity contribution in [2.75, 3.05) is 0 Å². The summed E-state index contributed by atoms with van der Waals surface area (Å²) < 4.78 is 3.65. The molecule has 3 aromatic rings. The first-order valence-electron chi connectivity index (χ1n) is 7.84. The van der Waals surface area contributed by atoms with Gasteiger partial charge in [-0.05, 0) is 44.4 Å². The Morgan fingerprint density at radius 2 is 2.12 bits per heavy atom. The van der Waals surface area contributed by atoms with Gasteiger partial charge in [-0.2, -0.15) is 10.2 Å². The maximum absolute atomic E-state index is 12.5. The van der Waals surface area contributed by atoms with Gasteiger partial charge in [0.25, 0.3) is 5.91 Å². The summed E-state index contributed by atoms with van der Waals surface area (Å²) in [5.41, 5.74) is 3.45. The summed E-state index contributed by atoms with van der Waals surface area (Å²) >= 11 is 1.63. The fourth-order valence-corrected chi connectivity index (χ4v) is 3.47. The minimum atomic E-state index is -0.164. The van der Waals surface area contributed by atoms with Crippen LogP contribution in [0.4, 0.5) is 0 Å². The second-order valence-corrected chi connectivity index (χ2v) is 6.95. The van der Waals surface area contributed by atoms with Gasteiger partial charge in [0.1, 0.15) is 0 Å². The third-order valence-corrected chi connectivity index (χ3v) is 4.71. The van der Waals surface area contributed by atoms with E-state index in [1.165, 1.54) is 0 Å². The summed E-state index contributed by atoms with van der Waals surface area (Å²) in [6.07, 6.45) is 0. The lowest BCUT2D eigenvalue weighted by Gasteiger charge is -2.14. The van der Waals surface area contributed by atoms with Gasteiger partial charge in [-0.3, -0.25) is 14.2 Å². The highest BCUT2D eigenvalue weighted by Crippen LogP contribution is 2.24. The van der Waals surface area contributed by atoms with Crippen molar-refractivity contribution < 1.29 is 4.79 Å². The van der Waals surface area contributed by atoms with E-state index in [2.05, 4.69) is 15.5 Å². The van der Waals surface area contributed by atoms with Crippen molar-refractivity contribution in [2.45, 2.75) is 33.4 Å². The normalized spacial score (nSPS) is 12.3. The number of nitrogens with zero attached hydrogens (tertiary/aromatic N) is 4. The predicted octanol–water partition coefficient (Wildman–Crippen LogP) is 2.78. The minimum Gasteiger partial charge on any atom is -0.346 e. The Balaban J connectivity index is 1.69. The Morgan fingerprint density at radius 3 is 2.75 bits per heavy atom. The van der Waals surface area contributed by atoms with Crippen molar-refractivity contribution in [3.8, 4) is 10.6 Å². The number of thiophene rings is 1. The Kier molecular flexibility index (Phi) is 4.53. The van der Waals surface area contributed by atoms with E-state index in [0.29, 0.717) is 12.2 Å². The molecule has 0 saturated carbocycles. The standard InChI is InChI=1S/C17H21N5OS/c1-11-8-13(3)22(19-11)10-12(2)18-17(23)14-9-15(21(4)20-14)16-6-5-7-24-16/h5-9,12H,10H2,1-4H3,(H,18,23)/t12-/m1/s1. The summed E-state index contributed by atoms with van der Waals surface area (Å²) in [5.74, 6) is -0.164. The molecule has 24 heavy (non-hydrogen) atoms. The SMILES string of the molecule is Cc1cc(C)n(C[C@@H](C)NC(=O)c2cc(-c3cccs3)n(C)n2)n1. The van der Waals surface area contributed by atoms with Crippen molar-refractivity contribution in [2.24, 2.45) is 7.05 Å². The highest BCUT2D eigenvalue weighted by atomic mass is 32.1. The molecule has 7 heteroatoms. The van der Waals surface area contributed by atoms with Gasteiger partial charge < -0.3 is 5.32 Å². The first-order chi connectivity index (χ1) is 11.4. The molecule has 0 aliphatic carbocycles. The van der Waals surface area contributed by atoms with Gasteiger partial charge in [0, 0.05) is 18.8 Å². The second kappa shape index (κ2) is 6.60. The number of amides is 1. The molecular formula is C17H21N5OS. The second-order valence-electron chi connectivity index (χ2n) is 6.00. The van der Waals surface area contributed by atoms with Crippen LogP contribution in [-0.2, 0) is 13.6 Å². The van der Waals surface area contributed by atoms with Gasteiger partial charge in [0.05, 0.1) is 22.8 Å². The van der Waals surface area contributed by atoms with Crippen LogP contribution in [-0.4, -0.2) is 31.5 Å². The van der Waals surface area contributed by atoms with Crippen LogP contribution in [0.25, 0.3) is 10.6 Å². The zero-order valence-electron chi connectivity index (χ0n) is 14.3. The Morgan fingerprint density at radius 1 is 1.33 bits per heavy atom. The molecule has 0 radical (unpaired) electrons. The molecule has 0 aromatic carbocycles. The molecule has 0 aliphatic rings. The lowest BCUT2D eigenvalue weighted by molar-refractivity contribution is 0.0930. The average molecular weight is 343 g/mol. The zero-order chi connectivity index (χ0) is 17.3. The number of hydrogen-bond acceptors (Lipinski definition) is 4. The number of carbonyl (C=O) groups is 1. The molecule has 1 amide bonds. The molecule has 126 valence electrons. The topological polar surface area (TPSA) is 64.7 Å². The minimum absolute atomic E-state index is 0.0392. The average Bonchev–Trinajstić information content (AvgIpc) is 3.20. The monoisotopic (exact) mass is 343 g/mol. The molecule has 0 saturated heterocycles. The molecule has 3 aromatic heterocycles. The highest BCUT2D eigenvalue weighted by Gasteiger charge is 2.17. The quantitative estimate of drug-likeness (QED) is 0.775. The van der Waals surface area contributed by atoms with Crippen molar-refractivity contribution in [1.29, 1.82) is 0 Å². The van der Waals surface area contributed by atoms with E-state index >= 15 is 0 Å². The molecule has 0 aliphatic heterocycles. The summed E-state index contributed by atoms with van der Waals surface area (Å²) in [6.45, 7) is 6.58. The van der Waals surface area contributed by atoms with Gasteiger partial charge in [-0.25, -0.2) is 0 Å². The fourth-order valence-electron chi connectivity index (χ4n) is 2.70. The smallest absolute Gasteiger partial charge is 0.272 e. The van der Waals surface area contributed by atoms with E-state index in [4.69, 9.17) is 0 Å². The van der Waals surface area contributed by atoms with E-state index in [-0.39, 0.29) is 11.9 Å². The summed E-state index contributed by atoms with van der Waals surface area (Å²) in [7, 11) is 1.85. The van der Waals surface area contributed by atoms with Crippen LogP contribution in [0.5, 0.6) is 0 Å². The third kappa shape index (κ3) is 3.41. The largest absolute Gasteiger partial charge is 0.346 e. The summed E-state index contributed by atoms with van der Waals surface area (Å²) in [5, 5.41) is 13.8. The van der Waals surface area contributed by atoms with Crippen LogP contribution in [0.15, 0.2) is 29.6 Å². The van der Waals surface area contributed by atoms with Crippen molar-refractivity contribution >= 4 is 17.2 Å². The number of aromatic nitrogens is 4.